The highest BCUT2D eigenvalue weighted by Crippen LogP contribution is 1.95. The molecule has 0 aliphatic rings. The molecule has 6 nitrogen and oxygen atoms in total. The quantitative estimate of drug-likeness (QED) is 0.647. The van der Waals surface area contributed by atoms with Gasteiger partial charge in [0.1, 0.15) is 6.10 Å². The number of hydrogen-bond donors (Lipinski definition) is 2. The normalized spacial score (nSPS) is 15.1. The maximum atomic E-state index is 10.0. The molecule has 0 bridgehead atoms. The number of methoxy groups -OCH3 is 1. The van der Waals surface area contributed by atoms with E-state index >= 15 is 0 Å². The molecule has 110 valence electrons. The number of carbonyl (C=O) groups is 1. The summed E-state index contributed by atoms with van der Waals surface area (Å²) >= 11 is 0. The molecule has 0 amide bonds. The number of aliphatic hydroxyl groups excluding tert-OH is 2. The molecular formula is C12H26O6. The van der Waals surface area contributed by atoms with E-state index in [1.807, 2.05) is 20.8 Å². The monoisotopic (exact) mass is 266 g/mol. The average Bonchev–Trinajstić information content (AvgIpc) is 2.35. The van der Waals surface area contributed by atoms with Gasteiger partial charge in [0, 0.05) is 6.61 Å². The van der Waals surface area contributed by atoms with Crippen LogP contribution < -0.4 is 0 Å². The van der Waals surface area contributed by atoms with Crippen LogP contribution in [0.1, 0.15) is 27.7 Å². The first-order valence-corrected chi connectivity index (χ1v) is 5.98. The summed E-state index contributed by atoms with van der Waals surface area (Å²) in [5, 5.41) is 17.0. The van der Waals surface area contributed by atoms with Crippen LogP contribution in [0.25, 0.3) is 0 Å². The van der Waals surface area contributed by atoms with Crippen molar-refractivity contribution in [2.24, 2.45) is 0 Å². The van der Waals surface area contributed by atoms with E-state index in [9.17, 15) is 4.79 Å². The van der Waals surface area contributed by atoms with Crippen LogP contribution in [0.15, 0.2) is 0 Å². The van der Waals surface area contributed by atoms with Crippen molar-refractivity contribution in [1.29, 1.82) is 0 Å². The molecule has 2 N–H and O–H groups in total. The Morgan fingerprint density at radius 3 is 2.00 bits per heavy atom. The second kappa shape index (κ2) is 12.8. The Morgan fingerprint density at radius 2 is 1.72 bits per heavy atom. The molecule has 0 radical (unpaired) electrons. The van der Waals surface area contributed by atoms with Gasteiger partial charge in [0.15, 0.2) is 0 Å². The summed E-state index contributed by atoms with van der Waals surface area (Å²) in [4.78, 5) is 10.0. The topological polar surface area (TPSA) is 85.2 Å². The van der Waals surface area contributed by atoms with Gasteiger partial charge in [0.25, 0.3) is 0 Å². The number of ether oxygens (including phenoxy) is 3. The Balaban J connectivity index is 0. The van der Waals surface area contributed by atoms with Crippen molar-refractivity contribution in [2.45, 2.75) is 46.0 Å². The molecule has 0 spiro atoms. The summed E-state index contributed by atoms with van der Waals surface area (Å²) in [5.41, 5.74) is 0. The molecule has 0 aliphatic carbocycles. The molecular weight excluding hydrogens is 240 g/mol. The van der Waals surface area contributed by atoms with E-state index in [1.54, 1.807) is 0 Å². The SMILES string of the molecule is CCOC(C)COC(C)CO.COC(=O)C(C)O. The van der Waals surface area contributed by atoms with E-state index in [4.69, 9.17) is 19.7 Å². The van der Waals surface area contributed by atoms with Crippen LogP contribution in [0.4, 0.5) is 0 Å². The van der Waals surface area contributed by atoms with Crippen molar-refractivity contribution in [2.75, 3.05) is 26.9 Å². The fourth-order valence-corrected chi connectivity index (χ4v) is 0.856. The predicted octanol–water partition coefficient (Wildman–Crippen LogP) is 0.349. The maximum Gasteiger partial charge on any atom is 0.334 e. The largest absolute Gasteiger partial charge is 0.467 e. The summed E-state index contributed by atoms with van der Waals surface area (Å²) in [6.45, 7) is 8.41. The third kappa shape index (κ3) is 13.4. The average molecular weight is 266 g/mol. The highest BCUT2D eigenvalue weighted by molar-refractivity contribution is 5.73. The molecule has 3 atom stereocenters. The van der Waals surface area contributed by atoms with Crippen molar-refractivity contribution in [3.05, 3.63) is 0 Å². The summed E-state index contributed by atoms with van der Waals surface area (Å²) in [5.74, 6) is -0.597. The van der Waals surface area contributed by atoms with Crippen molar-refractivity contribution in [1.82, 2.24) is 0 Å². The Bertz CT molecular complexity index is 195. The summed E-state index contributed by atoms with van der Waals surface area (Å²) < 4.78 is 14.6. The third-order valence-electron chi connectivity index (χ3n) is 1.87. The molecule has 0 saturated heterocycles. The highest BCUT2D eigenvalue weighted by Gasteiger charge is 2.05. The third-order valence-corrected chi connectivity index (χ3v) is 1.87. The number of rotatable bonds is 7. The summed E-state index contributed by atoms with van der Waals surface area (Å²) in [6.07, 6.45) is -0.961. The fourth-order valence-electron chi connectivity index (χ4n) is 0.856. The molecule has 0 rings (SSSR count). The van der Waals surface area contributed by atoms with E-state index in [0.717, 1.165) is 0 Å². The Kier molecular flexibility index (Phi) is 13.9. The lowest BCUT2D eigenvalue weighted by Crippen LogP contribution is -2.22. The van der Waals surface area contributed by atoms with Crippen molar-refractivity contribution in [3.63, 3.8) is 0 Å². The van der Waals surface area contributed by atoms with Crippen LogP contribution in [-0.2, 0) is 19.0 Å². The first kappa shape index (κ1) is 19.6. The zero-order valence-corrected chi connectivity index (χ0v) is 11.9. The minimum absolute atomic E-state index is 0.0683. The Hall–Kier alpha value is -0.690. The minimum Gasteiger partial charge on any atom is -0.467 e. The highest BCUT2D eigenvalue weighted by atomic mass is 16.5. The summed E-state index contributed by atoms with van der Waals surface area (Å²) in [7, 11) is 1.23. The van der Waals surface area contributed by atoms with Crippen LogP contribution in [0.3, 0.4) is 0 Å². The van der Waals surface area contributed by atoms with Crippen LogP contribution >= 0.6 is 0 Å². The van der Waals surface area contributed by atoms with E-state index in [2.05, 4.69) is 4.74 Å². The second-order valence-electron chi connectivity index (χ2n) is 3.79. The zero-order chi connectivity index (χ0) is 14.6. The Morgan fingerprint density at radius 1 is 1.17 bits per heavy atom. The molecule has 3 unspecified atom stereocenters. The minimum atomic E-state index is -0.995. The molecule has 0 aromatic heterocycles. The van der Waals surface area contributed by atoms with Crippen molar-refractivity contribution >= 4 is 5.97 Å². The first-order chi connectivity index (χ1) is 8.38. The second-order valence-corrected chi connectivity index (χ2v) is 3.79. The lowest BCUT2D eigenvalue weighted by molar-refractivity contribution is -0.149. The maximum absolute atomic E-state index is 10.0. The van der Waals surface area contributed by atoms with Gasteiger partial charge in [-0.15, -0.1) is 0 Å². The van der Waals surface area contributed by atoms with Gasteiger partial charge >= 0.3 is 5.97 Å². The van der Waals surface area contributed by atoms with E-state index in [-0.39, 0.29) is 18.8 Å². The summed E-state index contributed by atoms with van der Waals surface area (Å²) in [6, 6.07) is 0. The van der Waals surface area contributed by atoms with Crippen molar-refractivity contribution < 1.29 is 29.2 Å². The molecule has 0 aliphatic heterocycles. The smallest absolute Gasteiger partial charge is 0.334 e. The number of esters is 1. The molecule has 0 heterocycles. The van der Waals surface area contributed by atoms with Crippen LogP contribution in [-0.4, -0.2) is 61.4 Å². The van der Waals surface area contributed by atoms with Gasteiger partial charge in [0.2, 0.25) is 0 Å². The van der Waals surface area contributed by atoms with Crippen LogP contribution in [0.5, 0.6) is 0 Å². The van der Waals surface area contributed by atoms with E-state index in [0.29, 0.717) is 13.2 Å². The lowest BCUT2D eigenvalue weighted by Gasteiger charge is -2.14. The number of carbonyl (C=O) groups excluding carboxylic acids is 1. The number of hydrogen-bond acceptors (Lipinski definition) is 6. The van der Waals surface area contributed by atoms with Gasteiger partial charge in [0.05, 0.1) is 32.5 Å². The van der Waals surface area contributed by atoms with Gasteiger partial charge in [-0.1, -0.05) is 0 Å². The zero-order valence-electron chi connectivity index (χ0n) is 11.9. The van der Waals surface area contributed by atoms with Gasteiger partial charge in [-0.25, -0.2) is 4.79 Å². The Labute approximate surface area is 109 Å². The van der Waals surface area contributed by atoms with Gasteiger partial charge in [-0.05, 0) is 27.7 Å². The lowest BCUT2D eigenvalue weighted by atomic mass is 10.4. The molecule has 0 fully saturated rings. The van der Waals surface area contributed by atoms with Crippen LogP contribution in [0.2, 0.25) is 0 Å². The number of aliphatic hydroxyl groups is 2. The van der Waals surface area contributed by atoms with E-state index in [1.165, 1.54) is 14.0 Å². The molecule has 6 heteroatoms. The first-order valence-electron chi connectivity index (χ1n) is 5.98. The molecule has 18 heavy (non-hydrogen) atoms. The fraction of sp³-hybridized carbons (Fsp3) is 0.917. The van der Waals surface area contributed by atoms with Crippen LogP contribution in [0, 0.1) is 0 Å². The van der Waals surface area contributed by atoms with Crippen molar-refractivity contribution in [3.8, 4) is 0 Å². The van der Waals surface area contributed by atoms with E-state index < -0.39 is 12.1 Å². The molecule has 0 saturated carbocycles. The van der Waals surface area contributed by atoms with Gasteiger partial charge in [-0.2, -0.15) is 0 Å². The molecule has 0 aromatic carbocycles. The van der Waals surface area contributed by atoms with Gasteiger partial charge < -0.3 is 24.4 Å². The predicted molar refractivity (Wildman–Crippen MR) is 67.3 cm³/mol. The molecule has 0 aromatic rings. The van der Waals surface area contributed by atoms with Gasteiger partial charge in [-0.3, -0.25) is 0 Å². The standard InChI is InChI=1S/C8H18O3.C4H8O3/c1-4-10-8(3)6-11-7(2)5-9;1-3(5)4(6)7-2/h7-9H,4-6H2,1-3H3;3,5H,1-2H3.